The molecule has 196 valence electrons. The number of piperidine rings is 2. The number of likely N-dealkylation sites (tertiary alicyclic amines) is 2. The maximum atomic E-state index is 14.0. The van der Waals surface area contributed by atoms with Crippen LogP contribution in [0.4, 0.5) is 10.2 Å². The van der Waals surface area contributed by atoms with Crippen molar-refractivity contribution in [3.8, 4) is 11.5 Å². The third-order valence-electron chi connectivity index (χ3n) is 7.88. The van der Waals surface area contributed by atoms with Gasteiger partial charge < -0.3 is 15.2 Å². The molecular formula is C29H32FN7O. The Hall–Kier alpha value is -3.85. The number of anilines is 1. The quantitative estimate of drug-likeness (QED) is 0.428. The molecule has 1 amide bonds. The van der Waals surface area contributed by atoms with Crippen LogP contribution < -0.4 is 5.73 Å². The van der Waals surface area contributed by atoms with Gasteiger partial charge in [0.25, 0.3) is 0 Å². The number of halogens is 1. The van der Waals surface area contributed by atoms with Crippen molar-refractivity contribution in [2.24, 2.45) is 5.92 Å². The molecule has 0 unspecified atom stereocenters. The monoisotopic (exact) mass is 513 g/mol. The van der Waals surface area contributed by atoms with Gasteiger partial charge in [-0.15, -0.1) is 0 Å². The minimum absolute atomic E-state index is 0.0754. The smallest absolute Gasteiger partial charge is 0.225 e. The van der Waals surface area contributed by atoms with Crippen molar-refractivity contribution in [3.63, 3.8) is 0 Å². The van der Waals surface area contributed by atoms with Gasteiger partial charge in [-0.05, 0) is 80.7 Å². The van der Waals surface area contributed by atoms with Crippen LogP contribution >= 0.6 is 0 Å². The standard InChI is InChI=1S/C29H32FN7O/c30-22-4-5-26-25(18-22)34-28(24-3-1-2-11-32-24)37(26)23-9-15-36(16-10-23)29(38)21-7-13-35(14-8-21)19-20-6-12-33-27(31)17-20/h1-6,11-12,17-18,21,23H,7-10,13-16,19H2,(H2,31,33). The number of fused-ring (bicyclic) bond motifs is 1. The number of rotatable bonds is 5. The van der Waals surface area contributed by atoms with E-state index in [2.05, 4.69) is 19.4 Å². The van der Waals surface area contributed by atoms with Crippen molar-refractivity contribution in [3.05, 3.63) is 72.3 Å². The van der Waals surface area contributed by atoms with E-state index in [0.717, 1.165) is 67.9 Å². The van der Waals surface area contributed by atoms with E-state index in [1.54, 1.807) is 18.5 Å². The second-order valence-electron chi connectivity index (χ2n) is 10.3. The lowest BCUT2D eigenvalue weighted by molar-refractivity contribution is -0.138. The molecule has 0 saturated carbocycles. The predicted octanol–water partition coefficient (Wildman–Crippen LogP) is 4.29. The largest absolute Gasteiger partial charge is 0.384 e. The fraction of sp³-hybridized carbons (Fsp3) is 0.379. The number of nitrogens with zero attached hydrogens (tertiary/aromatic N) is 6. The number of pyridine rings is 2. The number of carbonyl (C=O) groups is 1. The summed E-state index contributed by atoms with van der Waals surface area (Å²) in [7, 11) is 0. The first-order chi connectivity index (χ1) is 18.5. The Morgan fingerprint density at radius 1 is 0.947 bits per heavy atom. The summed E-state index contributed by atoms with van der Waals surface area (Å²) in [6.07, 6.45) is 6.91. The van der Waals surface area contributed by atoms with Gasteiger partial charge in [-0.1, -0.05) is 6.07 Å². The molecule has 6 rings (SSSR count). The van der Waals surface area contributed by atoms with Crippen LogP contribution in [0.15, 0.2) is 60.9 Å². The zero-order valence-corrected chi connectivity index (χ0v) is 21.3. The number of amides is 1. The van der Waals surface area contributed by atoms with Crippen molar-refractivity contribution in [1.82, 2.24) is 29.3 Å². The minimum Gasteiger partial charge on any atom is -0.384 e. The maximum absolute atomic E-state index is 14.0. The number of hydrogen-bond acceptors (Lipinski definition) is 6. The molecule has 0 spiro atoms. The van der Waals surface area contributed by atoms with Crippen molar-refractivity contribution in [1.29, 1.82) is 0 Å². The number of imidazole rings is 1. The zero-order valence-electron chi connectivity index (χ0n) is 21.3. The lowest BCUT2D eigenvalue weighted by Crippen LogP contribution is -2.45. The number of nitrogens with two attached hydrogens (primary N) is 1. The van der Waals surface area contributed by atoms with Crippen LogP contribution in [0.2, 0.25) is 0 Å². The lowest BCUT2D eigenvalue weighted by atomic mass is 9.93. The van der Waals surface area contributed by atoms with Crippen LogP contribution in [0.5, 0.6) is 0 Å². The third-order valence-corrected chi connectivity index (χ3v) is 7.88. The predicted molar refractivity (Wildman–Crippen MR) is 144 cm³/mol. The zero-order chi connectivity index (χ0) is 26.1. The van der Waals surface area contributed by atoms with E-state index in [0.29, 0.717) is 24.4 Å². The van der Waals surface area contributed by atoms with E-state index in [1.165, 1.54) is 12.1 Å². The van der Waals surface area contributed by atoms with Gasteiger partial charge in [0.15, 0.2) is 5.82 Å². The number of hydrogen-bond donors (Lipinski definition) is 1. The molecule has 38 heavy (non-hydrogen) atoms. The van der Waals surface area contributed by atoms with Crippen molar-refractivity contribution >= 4 is 22.8 Å². The average molecular weight is 514 g/mol. The molecule has 0 aliphatic carbocycles. The highest BCUT2D eigenvalue weighted by Gasteiger charge is 2.32. The Balaban J connectivity index is 1.11. The second kappa shape index (κ2) is 10.5. The van der Waals surface area contributed by atoms with Crippen molar-refractivity contribution in [2.45, 2.75) is 38.3 Å². The van der Waals surface area contributed by atoms with Gasteiger partial charge in [0.05, 0.1) is 11.0 Å². The summed E-state index contributed by atoms with van der Waals surface area (Å²) in [5.74, 6) is 1.34. The topological polar surface area (TPSA) is 93.2 Å². The fourth-order valence-electron chi connectivity index (χ4n) is 5.91. The fourth-order valence-corrected chi connectivity index (χ4v) is 5.91. The minimum atomic E-state index is -0.300. The Morgan fingerprint density at radius 3 is 2.50 bits per heavy atom. The van der Waals surface area contributed by atoms with Gasteiger partial charge in [0.1, 0.15) is 17.3 Å². The van der Waals surface area contributed by atoms with Gasteiger partial charge in [0.2, 0.25) is 5.91 Å². The van der Waals surface area contributed by atoms with Crippen LogP contribution in [0.25, 0.3) is 22.6 Å². The van der Waals surface area contributed by atoms with Crippen LogP contribution in [0, 0.1) is 11.7 Å². The molecule has 2 aliphatic heterocycles. The first-order valence-electron chi connectivity index (χ1n) is 13.4. The summed E-state index contributed by atoms with van der Waals surface area (Å²) >= 11 is 0. The Bertz CT molecular complexity index is 1420. The summed E-state index contributed by atoms with van der Waals surface area (Å²) in [4.78, 5) is 31.2. The normalized spacial score (nSPS) is 17.8. The molecule has 2 saturated heterocycles. The van der Waals surface area contributed by atoms with Gasteiger partial charge in [-0.2, -0.15) is 0 Å². The molecule has 9 heteroatoms. The van der Waals surface area contributed by atoms with E-state index < -0.39 is 0 Å². The van der Waals surface area contributed by atoms with E-state index in [4.69, 9.17) is 10.7 Å². The SMILES string of the molecule is Nc1cc(CN2CCC(C(=O)N3CCC(n4c(-c5ccccn5)nc5cc(F)ccc54)CC3)CC2)ccn1. The van der Waals surface area contributed by atoms with Gasteiger partial charge in [-0.25, -0.2) is 14.4 Å². The molecule has 3 aromatic heterocycles. The number of carbonyl (C=O) groups excluding carboxylic acids is 1. The van der Waals surface area contributed by atoms with E-state index >= 15 is 0 Å². The molecule has 0 atom stereocenters. The lowest BCUT2D eigenvalue weighted by Gasteiger charge is -2.38. The summed E-state index contributed by atoms with van der Waals surface area (Å²) in [6, 6.07) is 14.6. The van der Waals surface area contributed by atoms with Crippen LogP contribution in [-0.2, 0) is 11.3 Å². The van der Waals surface area contributed by atoms with Gasteiger partial charge in [0, 0.05) is 50.1 Å². The Labute approximate surface area is 221 Å². The average Bonchev–Trinajstić information content (AvgIpc) is 3.32. The maximum Gasteiger partial charge on any atom is 0.225 e. The number of benzene rings is 1. The van der Waals surface area contributed by atoms with Gasteiger partial charge in [-0.3, -0.25) is 14.7 Å². The molecule has 2 N–H and O–H groups in total. The summed E-state index contributed by atoms with van der Waals surface area (Å²) < 4.78 is 16.2. The van der Waals surface area contributed by atoms with E-state index in [-0.39, 0.29) is 23.7 Å². The van der Waals surface area contributed by atoms with Crippen molar-refractivity contribution in [2.75, 3.05) is 31.9 Å². The second-order valence-corrected chi connectivity index (χ2v) is 10.3. The molecule has 2 fully saturated rings. The molecule has 8 nitrogen and oxygen atoms in total. The van der Waals surface area contributed by atoms with Crippen LogP contribution in [-0.4, -0.2) is 61.4 Å². The molecule has 4 aromatic rings. The first-order valence-corrected chi connectivity index (χ1v) is 13.4. The Kier molecular flexibility index (Phi) is 6.76. The first kappa shape index (κ1) is 24.5. The molecule has 2 aliphatic rings. The highest BCUT2D eigenvalue weighted by atomic mass is 19.1. The summed E-state index contributed by atoms with van der Waals surface area (Å²) in [6.45, 7) is 4.06. The van der Waals surface area contributed by atoms with E-state index in [1.807, 2.05) is 35.2 Å². The van der Waals surface area contributed by atoms with Crippen LogP contribution in [0.1, 0.15) is 37.3 Å². The number of nitrogen functional groups attached to an aromatic ring is 1. The van der Waals surface area contributed by atoms with Gasteiger partial charge >= 0.3 is 0 Å². The summed E-state index contributed by atoms with van der Waals surface area (Å²) in [5.41, 5.74) is 9.27. The molecule has 0 radical (unpaired) electrons. The van der Waals surface area contributed by atoms with Crippen molar-refractivity contribution < 1.29 is 9.18 Å². The highest BCUT2D eigenvalue weighted by Crippen LogP contribution is 2.34. The van der Waals surface area contributed by atoms with Crippen LogP contribution in [0.3, 0.4) is 0 Å². The third kappa shape index (κ3) is 4.98. The van der Waals surface area contributed by atoms with E-state index in [9.17, 15) is 9.18 Å². The molecule has 1 aromatic carbocycles. The number of aromatic nitrogens is 4. The highest BCUT2D eigenvalue weighted by molar-refractivity contribution is 5.81. The molecule has 5 heterocycles. The molecule has 0 bridgehead atoms. The molecular weight excluding hydrogens is 481 g/mol. The Morgan fingerprint density at radius 2 is 1.76 bits per heavy atom. The summed E-state index contributed by atoms with van der Waals surface area (Å²) in [5, 5.41) is 0.